The van der Waals surface area contributed by atoms with Crippen LogP contribution in [-0.4, -0.2) is 28.7 Å². The highest BCUT2D eigenvalue weighted by molar-refractivity contribution is 7.26. The molecule has 0 bridgehead atoms. The summed E-state index contributed by atoms with van der Waals surface area (Å²) in [6, 6.07) is 96.4. The third kappa shape index (κ3) is 6.81. The standard InChI is InChI=1S/C73H44N6S/c1-3-20-50(21-4-1)77-61-29-13-9-24-52(61)55-37-34-48(43-65(55)77)72-74-71(75-73(76-72)49-35-38-56-53-25-10-14-30-62(53)78(66(56)44-49)51-22-5-2-6-23-51)47-36-39-64(60(41-47)57-28-17-33-69-70(57)58-27-12-16-32-68(58)80-69)79-63-31-15-11-26-54(63)59-40-45-18-7-8-19-46(45)42-67(59)79/h1-44H. The van der Waals surface area contributed by atoms with Crippen LogP contribution in [0.1, 0.15) is 0 Å². The van der Waals surface area contributed by atoms with Gasteiger partial charge in [-0.3, -0.25) is 0 Å². The fourth-order valence-corrected chi connectivity index (χ4v) is 13.8. The minimum Gasteiger partial charge on any atom is -0.309 e. The SMILES string of the molecule is c1ccc(-n2c3ccccc3c3ccc(-c4nc(-c5ccc(-n6c7ccccc7c7cc8ccccc8cc76)c(-c6cccc7sc8ccccc8c67)c5)nc(-c5ccc6c7ccccc7n(-c7ccccc7)c6c5)n4)cc32)cc1. The van der Waals surface area contributed by atoms with Gasteiger partial charge in [0.05, 0.1) is 38.8 Å². The molecule has 0 aliphatic rings. The van der Waals surface area contributed by atoms with E-state index in [0.717, 1.165) is 88.8 Å². The molecular formula is C73H44N6S. The predicted octanol–water partition coefficient (Wildman–Crippen LogP) is 19.4. The summed E-state index contributed by atoms with van der Waals surface area (Å²) in [6.45, 7) is 0. The minimum atomic E-state index is 0.584. The molecule has 0 fully saturated rings. The van der Waals surface area contributed by atoms with Gasteiger partial charge in [-0.1, -0.05) is 170 Å². The Morgan fingerprint density at radius 1 is 0.263 bits per heavy atom. The maximum atomic E-state index is 5.55. The maximum absolute atomic E-state index is 5.55. The molecule has 0 saturated carbocycles. The number of para-hydroxylation sites is 5. The number of aromatic nitrogens is 6. The van der Waals surface area contributed by atoms with Gasteiger partial charge in [-0.2, -0.15) is 0 Å². The monoisotopic (exact) mass is 1040 g/mol. The number of benzene rings is 12. The summed E-state index contributed by atoms with van der Waals surface area (Å²) in [5.41, 5.74) is 14.9. The summed E-state index contributed by atoms with van der Waals surface area (Å²) < 4.78 is 9.67. The molecule has 17 rings (SSSR count). The van der Waals surface area contributed by atoms with Crippen molar-refractivity contribution in [1.82, 2.24) is 28.7 Å². The molecule has 17 aromatic rings. The first-order chi connectivity index (χ1) is 39.7. The Hall–Kier alpha value is -10.5. The molecule has 80 heavy (non-hydrogen) atoms. The van der Waals surface area contributed by atoms with E-state index in [1.165, 1.54) is 52.5 Å². The summed E-state index contributed by atoms with van der Waals surface area (Å²) in [7, 11) is 0. The van der Waals surface area contributed by atoms with Crippen LogP contribution in [0, 0.1) is 0 Å². The number of nitrogens with zero attached hydrogens (tertiary/aromatic N) is 6. The van der Waals surface area contributed by atoms with Crippen LogP contribution in [0.5, 0.6) is 0 Å². The lowest BCUT2D eigenvalue weighted by molar-refractivity contribution is 1.07. The summed E-state index contributed by atoms with van der Waals surface area (Å²) >= 11 is 1.84. The number of rotatable bonds is 7. The molecule has 12 aromatic carbocycles. The quantitative estimate of drug-likeness (QED) is 0.160. The van der Waals surface area contributed by atoms with E-state index in [9.17, 15) is 0 Å². The van der Waals surface area contributed by atoms with Crippen LogP contribution in [0.3, 0.4) is 0 Å². The second-order valence-corrected chi connectivity index (χ2v) is 21.8. The second kappa shape index (κ2) is 17.5. The Balaban J connectivity index is 0.945. The first kappa shape index (κ1) is 44.6. The summed E-state index contributed by atoms with van der Waals surface area (Å²) in [5, 5.41) is 12.0. The van der Waals surface area contributed by atoms with Crippen molar-refractivity contribution < 1.29 is 0 Å². The molecule has 0 saturated heterocycles. The van der Waals surface area contributed by atoms with Crippen molar-refractivity contribution in [3.8, 4) is 62.4 Å². The van der Waals surface area contributed by atoms with E-state index in [1.54, 1.807) is 0 Å². The molecule has 0 aliphatic heterocycles. The summed E-state index contributed by atoms with van der Waals surface area (Å²) in [6.07, 6.45) is 0. The molecule has 5 aromatic heterocycles. The van der Waals surface area contributed by atoms with E-state index in [1.807, 2.05) is 11.3 Å². The maximum Gasteiger partial charge on any atom is 0.164 e. The van der Waals surface area contributed by atoms with Crippen LogP contribution < -0.4 is 0 Å². The van der Waals surface area contributed by atoms with Gasteiger partial charge in [0.25, 0.3) is 0 Å². The fraction of sp³-hybridized carbons (Fsp3) is 0. The minimum absolute atomic E-state index is 0.584. The van der Waals surface area contributed by atoms with Crippen molar-refractivity contribution >= 4 is 108 Å². The lowest BCUT2D eigenvalue weighted by Gasteiger charge is -2.17. The molecule has 0 aliphatic carbocycles. The Morgan fingerprint density at radius 3 is 1.30 bits per heavy atom. The molecule has 372 valence electrons. The Bertz CT molecular complexity index is 5200. The summed E-state index contributed by atoms with van der Waals surface area (Å²) in [5.74, 6) is 1.76. The molecule has 0 atom stereocenters. The first-order valence-corrected chi connectivity index (χ1v) is 27.9. The van der Waals surface area contributed by atoms with Gasteiger partial charge >= 0.3 is 0 Å². The van der Waals surface area contributed by atoms with Crippen LogP contribution in [0.25, 0.3) is 159 Å². The van der Waals surface area contributed by atoms with E-state index in [4.69, 9.17) is 15.0 Å². The smallest absolute Gasteiger partial charge is 0.164 e. The van der Waals surface area contributed by atoms with E-state index < -0.39 is 0 Å². The highest BCUT2D eigenvalue weighted by Gasteiger charge is 2.23. The molecule has 5 heterocycles. The van der Waals surface area contributed by atoms with Gasteiger partial charge in [0, 0.05) is 86.1 Å². The average Bonchev–Trinajstić information content (AvgIpc) is 4.33. The molecule has 6 nitrogen and oxygen atoms in total. The second-order valence-electron chi connectivity index (χ2n) is 20.7. The number of fused-ring (bicyclic) bond motifs is 13. The third-order valence-corrected chi connectivity index (χ3v) is 17.4. The molecule has 0 unspecified atom stereocenters. The van der Waals surface area contributed by atoms with Gasteiger partial charge in [-0.25, -0.2) is 15.0 Å². The molecule has 0 amide bonds. The van der Waals surface area contributed by atoms with Gasteiger partial charge in [-0.15, -0.1) is 11.3 Å². The Labute approximate surface area is 463 Å². The Morgan fingerprint density at radius 2 is 0.700 bits per heavy atom. The van der Waals surface area contributed by atoms with Crippen LogP contribution >= 0.6 is 11.3 Å². The van der Waals surface area contributed by atoms with Crippen LogP contribution in [0.15, 0.2) is 267 Å². The van der Waals surface area contributed by atoms with E-state index in [0.29, 0.717) is 17.5 Å². The van der Waals surface area contributed by atoms with Crippen molar-refractivity contribution in [2.45, 2.75) is 0 Å². The lowest BCUT2D eigenvalue weighted by Crippen LogP contribution is -2.02. The van der Waals surface area contributed by atoms with Gasteiger partial charge in [0.1, 0.15) is 0 Å². The van der Waals surface area contributed by atoms with Crippen molar-refractivity contribution in [3.63, 3.8) is 0 Å². The van der Waals surface area contributed by atoms with Gasteiger partial charge in [-0.05, 0) is 113 Å². The van der Waals surface area contributed by atoms with Crippen molar-refractivity contribution in [3.05, 3.63) is 267 Å². The average molecular weight is 1040 g/mol. The molecule has 0 radical (unpaired) electrons. The van der Waals surface area contributed by atoms with Crippen molar-refractivity contribution in [2.24, 2.45) is 0 Å². The van der Waals surface area contributed by atoms with E-state index in [-0.39, 0.29) is 0 Å². The molecule has 7 heteroatoms. The lowest BCUT2D eigenvalue weighted by atomic mass is 9.95. The van der Waals surface area contributed by atoms with Gasteiger partial charge in [0.15, 0.2) is 17.5 Å². The van der Waals surface area contributed by atoms with E-state index in [2.05, 4.69) is 281 Å². The van der Waals surface area contributed by atoms with Gasteiger partial charge < -0.3 is 13.7 Å². The number of hydrogen-bond acceptors (Lipinski definition) is 4. The van der Waals surface area contributed by atoms with Crippen LogP contribution in [0.2, 0.25) is 0 Å². The highest BCUT2D eigenvalue weighted by Crippen LogP contribution is 2.46. The van der Waals surface area contributed by atoms with Crippen molar-refractivity contribution in [2.75, 3.05) is 0 Å². The van der Waals surface area contributed by atoms with Crippen LogP contribution in [-0.2, 0) is 0 Å². The number of hydrogen-bond donors (Lipinski definition) is 0. The summed E-state index contributed by atoms with van der Waals surface area (Å²) in [4.78, 5) is 16.6. The first-order valence-electron chi connectivity index (χ1n) is 27.1. The number of thiophene rings is 1. The van der Waals surface area contributed by atoms with Crippen molar-refractivity contribution in [1.29, 1.82) is 0 Å². The van der Waals surface area contributed by atoms with Crippen LogP contribution in [0.4, 0.5) is 0 Å². The zero-order chi connectivity index (χ0) is 52.4. The Kier molecular flexibility index (Phi) is 9.78. The third-order valence-electron chi connectivity index (χ3n) is 16.3. The topological polar surface area (TPSA) is 53.5 Å². The van der Waals surface area contributed by atoms with E-state index >= 15 is 0 Å². The largest absolute Gasteiger partial charge is 0.309 e. The highest BCUT2D eigenvalue weighted by atomic mass is 32.1. The molecule has 0 N–H and O–H groups in total. The molecule has 0 spiro atoms. The fourth-order valence-electron chi connectivity index (χ4n) is 12.7. The predicted molar refractivity (Wildman–Crippen MR) is 335 cm³/mol. The zero-order valence-electron chi connectivity index (χ0n) is 43.0. The zero-order valence-corrected chi connectivity index (χ0v) is 43.8. The normalized spacial score (nSPS) is 12.0. The molecular weight excluding hydrogens is 993 g/mol. The van der Waals surface area contributed by atoms with Gasteiger partial charge in [0.2, 0.25) is 0 Å².